The summed E-state index contributed by atoms with van der Waals surface area (Å²) in [5.74, 6) is -34.8. The Morgan fingerprint density at radius 1 is 0.173 bits per heavy atom. The molecule has 133 heavy (non-hydrogen) atoms. The topological polar surface area (TPSA) is 981 Å². The third-order valence-corrected chi connectivity index (χ3v) is 26.1. The van der Waals surface area contributed by atoms with Crippen molar-refractivity contribution < 1.29 is 303 Å². The zero-order valence-electron chi connectivity index (χ0n) is 70.0. The molecule has 0 amide bonds. The van der Waals surface area contributed by atoms with E-state index in [1.807, 2.05) is 0 Å². The number of aliphatic hydroxyl groups excluding tert-OH is 37. The van der Waals surface area contributed by atoms with Gasteiger partial charge in [-0.2, -0.15) is 0 Å². The fourth-order valence-corrected chi connectivity index (χ4v) is 17.7. The van der Waals surface area contributed by atoms with E-state index < -0.39 is 448 Å². The first-order chi connectivity index (χ1) is 62.7. The van der Waals surface area contributed by atoms with E-state index in [0.29, 0.717) is 0 Å². The molecule has 12 saturated heterocycles. The average molecular weight is 1960 g/mol. The molecule has 61 nitrogen and oxygen atoms in total. The standard InChI is InChI=1S/C72H121O61/c73-1-24-36(86)48(98)49(99)61(121-24)133-72(60(110)47(97)35(12-84)132-72)23-120-71(59(109)46(96)34(11-83)131-71)22-119-70(58(108)45(95)33(10-82)130-70)21-118-69(57(107)44(94)32(9-81)129-69)20-117-68(56(106)43(93)31(8-80)128-68)19-116-67(55(105)42(92)30(7-79)127-67)18-115-66(54(104)41(91)29(6-78)126-66)17-114-65(53(103)40(90)28(5-77)125-65)16-113-64(52(102)39(89)27(4-76)124-64)15-112-63(51(101)38(88)26(3-75)123-63)14-111-62(13-85)50(100)37(87)25(2-74)122-62/h24-61,73-105,107-110H,1-23H2/t24-,25-,26-,27-,28-,29-,30-,31-,32-,33-,34-,35-,36-,37-,38-,39-,40-,41-,42-,43-,44-,45-,46-,47-,48+,49-,50+,51+,52+,53+,54+,55+,56+,57+,58+,59+,60+,61-,62-,63-,64-,65-,66-,67-,68-,69-,70-,71-,72+/m1/s1. The van der Waals surface area contributed by atoms with E-state index in [4.69, 9.17) is 109 Å². The Hall–Kier alpha value is -2.44. The molecule has 0 unspecified atom stereocenters. The second-order valence-electron chi connectivity index (χ2n) is 34.3. The lowest BCUT2D eigenvalue weighted by Crippen LogP contribution is -2.64. The maximum absolute atomic E-state index is 15.0. The third kappa shape index (κ3) is 19.5. The molecule has 61 heteroatoms. The molecule has 0 spiro atoms. The zero-order chi connectivity index (χ0) is 98.0. The van der Waals surface area contributed by atoms with Gasteiger partial charge in [-0.1, -0.05) is 0 Å². The summed E-state index contributed by atoms with van der Waals surface area (Å²) >= 11 is 0. The Morgan fingerprint density at radius 3 is 0.534 bits per heavy atom. The summed E-state index contributed by atoms with van der Waals surface area (Å²) in [5.41, 5.74) is 0. The van der Waals surface area contributed by atoms with Crippen LogP contribution in [0.5, 0.6) is 0 Å². The Bertz CT molecular complexity index is 3580. The monoisotopic (exact) mass is 1960 g/mol. The minimum atomic E-state index is -3.41. The van der Waals surface area contributed by atoms with Gasteiger partial charge in [-0.3, -0.25) is 0 Å². The van der Waals surface area contributed by atoms with Gasteiger partial charge >= 0.3 is 0 Å². The van der Waals surface area contributed by atoms with Crippen LogP contribution in [-0.2, 0) is 114 Å². The van der Waals surface area contributed by atoms with Crippen molar-refractivity contribution in [2.24, 2.45) is 0 Å². The van der Waals surface area contributed by atoms with Gasteiger partial charge in [0, 0.05) is 0 Å². The minimum absolute atomic E-state index is 0.988. The maximum atomic E-state index is 15.0. The molecule has 775 valence electrons. The van der Waals surface area contributed by atoms with Gasteiger partial charge in [-0.25, -0.2) is 5.11 Å². The van der Waals surface area contributed by atoms with Gasteiger partial charge in [0.1, 0.15) is 292 Å². The van der Waals surface area contributed by atoms with Crippen molar-refractivity contribution >= 4 is 0 Å². The summed E-state index contributed by atoms with van der Waals surface area (Å²) in [6.07, 6.45) is -85.7. The number of aliphatic hydroxyl groups is 37. The summed E-state index contributed by atoms with van der Waals surface area (Å²) < 4.78 is 135. The molecule has 1 radical (unpaired) electrons. The van der Waals surface area contributed by atoms with Crippen LogP contribution in [0.15, 0.2) is 0 Å². The molecule has 12 fully saturated rings. The molecule has 0 saturated carbocycles. The summed E-state index contributed by atoms with van der Waals surface area (Å²) in [6, 6.07) is 0. The first-order valence-corrected chi connectivity index (χ1v) is 41.9. The highest BCUT2D eigenvalue weighted by Crippen LogP contribution is 2.50. The van der Waals surface area contributed by atoms with Crippen LogP contribution in [0.3, 0.4) is 0 Å². The fraction of sp³-hybridized carbons (Fsp3) is 1.00. The van der Waals surface area contributed by atoms with Gasteiger partial charge in [0.25, 0.3) is 0 Å². The van der Waals surface area contributed by atoms with E-state index in [1.54, 1.807) is 0 Å². The van der Waals surface area contributed by atoms with Gasteiger partial charge in [-0.05, 0) is 0 Å². The molecule has 12 aliphatic rings. The smallest absolute Gasteiger partial charge is 0.225 e. The maximum Gasteiger partial charge on any atom is 0.225 e. The summed E-state index contributed by atoms with van der Waals surface area (Å²) in [4.78, 5) is 0. The molecule has 49 atom stereocenters. The van der Waals surface area contributed by atoms with Crippen molar-refractivity contribution in [2.75, 3.05) is 152 Å². The van der Waals surface area contributed by atoms with E-state index in [9.17, 15) is 194 Å². The second kappa shape index (κ2) is 42.8. The van der Waals surface area contributed by atoms with Gasteiger partial charge < -0.3 is 298 Å². The van der Waals surface area contributed by atoms with Gasteiger partial charge in [-0.15, -0.1) is 0 Å². The van der Waals surface area contributed by atoms with Crippen molar-refractivity contribution in [3.63, 3.8) is 0 Å². The molecule has 0 aromatic rings. The number of rotatable bonds is 45. The molecule has 12 aliphatic heterocycles. The molecule has 0 bridgehead atoms. The van der Waals surface area contributed by atoms with E-state index >= 15 is 0 Å². The first-order valence-electron chi connectivity index (χ1n) is 41.9. The highest BCUT2D eigenvalue weighted by molar-refractivity contribution is 5.11. The van der Waals surface area contributed by atoms with Crippen LogP contribution in [0.25, 0.3) is 0 Å². The van der Waals surface area contributed by atoms with Crippen LogP contribution in [0.2, 0.25) is 0 Å². The van der Waals surface area contributed by atoms with Crippen LogP contribution in [0.4, 0.5) is 0 Å². The van der Waals surface area contributed by atoms with Crippen LogP contribution in [-0.4, -0.2) is 637 Å². The molecule has 12 heterocycles. The number of ether oxygens (including phenoxy) is 23. The van der Waals surface area contributed by atoms with Gasteiger partial charge in [0.05, 0.1) is 79.3 Å². The van der Waals surface area contributed by atoms with Crippen molar-refractivity contribution in [2.45, 2.75) is 296 Å². The zero-order valence-corrected chi connectivity index (χ0v) is 70.0. The largest absolute Gasteiger partial charge is 0.394 e. The van der Waals surface area contributed by atoms with Crippen LogP contribution in [0.1, 0.15) is 0 Å². The Labute approximate surface area is 748 Å². The molecule has 0 aromatic heterocycles. The minimum Gasteiger partial charge on any atom is -0.394 e. The molecular formula is C72H121O61. The molecule has 12 rings (SSSR count). The van der Waals surface area contributed by atoms with Crippen molar-refractivity contribution in [1.29, 1.82) is 0 Å². The normalized spacial score (nSPS) is 52.8. The van der Waals surface area contributed by atoms with E-state index in [1.165, 1.54) is 0 Å². The predicted molar refractivity (Wildman–Crippen MR) is 394 cm³/mol. The Morgan fingerprint density at radius 2 is 0.331 bits per heavy atom. The van der Waals surface area contributed by atoms with Crippen molar-refractivity contribution in [3.05, 3.63) is 0 Å². The van der Waals surface area contributed by atoms with Crippen molar-refractivity contribution in [3.8, 4) is 0 Å². The van der Waals surface area contributed by atoms with Crippen molar-refractivity contribution in [1.82, 2.24) is 0 Å². The molecule has 0 aromatic carbocycles. The third-order valence-electron chi connectivity index (χ3n) is 26.1. The Kier molecular flexibility index (Phi) is 35.2. The lowest BCUT2D eigenvalue weighted by molar-refractivity contribution is -0.408. The highest BCUT2D eigenvalue weighted by atomic mass is 16.9. The highest BCUT2D eigenvalue weighted by Gasteiger charge is 2.72. The number of hydrogen-bond acceptors (Lipinski definition) is 60. The van der Waals surface area contributed by atoms with Crippen LogP contribution in [0, 0.1) is 0 Å². The second-order valence-corrected chi connectivity index (χ2v) is 34.3. The van der Waals surface area contributed by atoms with Gasteiger partial charge in [0.15, 0.2) is 12.4 Å². The molecular weight excluding hydrogens is 1840 g/mol. The average Bonchev–Trinajstić information content (AvgIpc) is 1.59. The Balaban J connectivity index is 0.839. The predicted octanol–water partition coefficient (Wildman–Crippen LogP) is -26.7. The fourth-order valence-electron chi connectivity index (χ4n) is 17.7. The van der Waals surface area contributed by atoms with E-state index in [-0.39, 0.29) is 0 Å². The summed E-state index contributed by atoms with van der Waals surface area (Å²) in [7, 11) is 0. The van der Waals surface area contributed by atoms with Crippen LogP contribution >= 0.6 is 0 Å². The first kappa shape index (κ1) is 109. The summed E-state index contributed by atoms with van der Waals surface area (Å²) in [5, 5.41) is 425. The molecule has 0 aliphatic carbocycles. The quantitative estimate of drug-likeness (QED) is 0.0269. The SMILES string of the molecule is [O][C@H]1[C@H](O)[C@@H](CO)O[C@@]1(CO[C@]1(CO[C@]2(CO[C@]3(CO[C@]4(CO[C@]5(CO[C@]6(CO)O[C@H](CO)[C@@H](O)[C@@H]6O)O[C@H](CO)[C@@H](O)[C@@H]5O)O[C@H](CO)[C@@H](O)[C@@H]4O)O[C@H](CO)[C@@H](O)[C@@H]3O)O[C@H](CO)[C@@H](O)[C@@H]2O)O[C@H](CO)[C@@H](O)[C@@H]1O)OC[C@@]1(OC[C@@]2(OC[C@@]3(OC[C@@]4(O[C@H]5O[C@H](CO)[C@@H](O)[C@H](O)[C@H]5O)O[C@H](CO)[C@@H](O)[C@@H]4O)O[C@H](CO)[C@@H](O)[C@@H]3O)O[C@H](CO)[C@@H](O)[C@@H]2O)O[C@H](CO)[C@@H](O)[C@@H]1O. The van der Waals surface area contributed by atoms with Gasteiger partial charge in [0.2, 0.25) is 63.7 Å². The lowest BCUT2D eigenvalue weighted by atomic mass is 9.99. The molecule has 37 N–H and O–H groups in total. The van der Waals surface area contributed by atoms with Crippen LogP contribution < -0.4 is 0 Å². The number of hydrogen-bond donors (Lipinski definition) is 37. The van der Waals surface area contributed by atoms with E-state index in [2.05, 4.69) is 0 Å². The van der Waals surface area contributed by atoms with E-state index in [0.717, 1.165) is 0 Å². The lowest BCUT2D eigenvalue weighted by Gasteiger charge is -2.45. The summed E-state index contributed by atoms with van der Waals surface area (Å²) in [6.45, 7) is -31.7.